The second-order valence-corrected chi connectivity index (χ2v) is 6.11. The van der Waals surface area contributed by atoms with E-state index in [0.29, 0.717) is 18.2 Å². The van der Waals surface area contributed by atoms with Crippen molar-refractivity contribution >= 4 is 17.3 Å². The van der Waals surface area contributed by atoms with Crippen LogP contribution in [0.1, 0.15) is 44.6 Å². The van der Waals surface area contributed by atoms with Gasteiger partial charge in [-0.2, -0.15) is 0 Å². The van der Waals surface area contributed by atoms with Gasteiger partial charge < -0.3 is 16.0 Å². The number of nitrogens with two attached hydrogens (primary N) is 1. The van der Waals surface area contributed by atoms with Crippen molar-refractivity contribution in [2.45, 2.75) is 52.0 Å². The van der Waals surface area contributed by atoms with Gasteiger partial charge in [0.25, 0.3) is 0 Å². The minimum Gasteiger partial charge on any atom is -0.399 e. The number of rotatable bonds is 5. The zero-order valence-corrected chi connectivity index (χ0v) is 13.2. The Morgan fingerprint density at radius 3 is 3.00 bits per heavy atom. The molecule has 1 saturated heterocycles. The minimum atomic E-state index is 0.0772. The molecule has 1 aromatic rings. The van der Waals surface area contributed by atoms with E-state index in [1.54, 1.807) is 0 Å². The average Bonchev–Trinajstić information content (AvgIpc) is 2.45. The summed E-state index contributed by atoms with van der Waals surface area (Å²) in [5.74, 6) is 0.0772. The maximum atomic E-state index is 12.0. The quantitative estimate of drug-likeness (QED) is 0.819. The molecule has 4 nitrogen and oxygen atoms in total. The molecular formula is C17H27N3O. The van der Waals surface area contributed by atoms with Crippen LogP contribution in [0.25, 0.3) is 0 Å². The lowest BCUT2D eigenvalue weighted by Crippen LogP contribution is -2.38. The fraction of sp³-hybridized carbons (Fsp3) is 0.588. The number of nitrogens with one attached hydrogen (secondary N) is 1. The molecule has 1 atom stereocenters. The number of likely N-dealkylation sites (tertiary alicyclic amines) is 1. The maximum Gasteiger partial charge on any atom is 0.224 e. The first-order valence-corrected chi connectivity index (χ1v) is 7.96. The zero-order chi connectivity index (χ0) is 15.2. The van der Waals surface area contributed by atoms with Crippen LogP contribution in [0.15, 0.2) is 18.2 Å². The number of carbonyl (C=O) groups excluding carboxylic acids is 1. The van der Waals surface area contributed by atoms with E-state index in [9.17, 15) is 4.79 Å². The van der Waals surface area contributed by atoms with Gasteiger partial charge in [-0.15, -0.1) is 0 Å². The van der Waals surface area contributed by atoms with Crippen molar-refractivity contribution in [1.82, 2.24) is 4.90 Å². The molecule has 1 aliphatic heterocycles. The Labute approximate surface area is 127 Å². The highest BCUT2D eigenvalue weighted by atomic mass is 16.1. The van der Waals surface area contributed by atoms with Gasteiger partial charge in [-0.3, -0.25) is 4.79 Å². The van der Waals surface area contributed by atoms with Gasteiger partial charge in [0.1, 0.15) is 0 Å². The fourth-order valence-electron chi connectivity index (χ4n) is 2.92. The fourth-order valence-corrected chi connectivity index (χ4v) is 2.92. The number of anilines is 2. The van der Waals surface area contributed by atoms with Crippen molar-refractivity contribution in [2.24, 2.45) is 0 Å². The van der Waals surface area contributed by atoms with Crippen molar-refractivity contribution in [3.05, 3.63) is 23.8 Å². The number of aryl methyl sites for hydroxylation is 1. The molecule has 1 heterocycles. The number of piperidine rings is 1. The molecule has 0 spiro atoms. The van der Waals surface area contributed by atoms with Crippen molar-refractivity contribution in [3.63, 3.8) is 0 Å². The second-order valence-electron chi connectivity index (χ2n) is 6.11. The van der Waals surface area contributed by atoms with Gasteiger partial charge in [0, 0.05) is 23.8 Å². The molecular weight excluding hydrogens is 262 g/mol. The largest absolute Gasteiger partial charge is 0.399 e. The third-order valence-electron chi connectivity index (χ3n) is 4.33. The van der Waals surface area contributed by atoms with E-state index in [1.165, 1.54) is 25.8 Å². The number of nitrogens with zero attached hydrogens (tertiary/aromatic N) is 1. The lowest BCUT2D eigenvalue weighted by atomic mass is 10.0. The van der Waals surface area contributed by atoms with Crippen molar-refractivity contribution in [2.75, 3.05) is 24.1 Å². The average molecular weight is 289 g/mol. The predicted molar refractivity (Wildman–Crippen MR) is 88.3 cm³/mol. The van der Waals surface area contributed by atoms with Gasteiger partial charge in [0.05, 0.1) is 0 Å². The topological polar surface area (TPSA) is 58.4 Å². The van der Waals surface area contributed by atoms with Crippen molar-refractivity contribution in [3.8, 4) is 0 Å². The highest BCUT2D eigenvalue weighted by Gasteiger charge is 2.17. The number of amides is 1. The molecule has 1 fully saturated rings. The predicted octanol–water partition coefficient (Wildman–Crippen LogP) is 3.17. The maximum absolute atomic E-state index is 12.0. The van der Waals surface area contributed by atoms with E-state index in [4.69, 9.17) is 5.73 Å². The van der Waals surface area contributed by atoms with Gasteiger partial charge in [-0.1, -0.05) is 12.5 Å². The first kappa shape index (κ1) is 15.8. The highest BCUT2D eigenvalue weighted by molar-refractivity contribution is 5.91. The Bertz CT molecular complexity index is 487. The van der Waals surface area contributed by atoms with Crippen molar-refractivity contribution < 1.29 is 4.79 Å². The summed E-state index contributed by atoms with van der Waals surface area (Å²) in [6, 6.07) is 6.27. The Hall–Kier alpha value is -1.55. The van der Waals surface area contributed by atoms with Crippen molar-refractivity contribution in [1.29, 1.82) is 0 Å². The highest BCUT2D eigenvalue weighted by Crippen LogP contribution is 2.19. The summed E-state index contributed by atoms with van der Waals surface area (Å²) in [6.45, 7) is 6.46. The van der Waals surface area contributed by atoms with Gasteiger partial charge >= 0.3 is 0 Å². The Balaban J connectivity index is 1.75. The summed E-state index contributed by atoms with van der Waals surface area (Å²) < 4.78 is 0. The Kier molecular flexibility index (Phi) is 5.62. The summed E-state index contributed by atoms with van der Waals surface area (Å²) in [7, 11) is 0. The minimum absolute atomic E-state index is 0.0772. The van der Waals surface area contributed by atoms with E-state index < -0.39 is 0 Å². The zero-order valence-electron chi connectivity index (χ0n) is 13.2. The summed E-state index contributed by atoms with van der Waals surface area (Å²) >= 11 is 0. The molecule has 0 aliphatic carbocycles. The number of hydrogen-bond acceptors (Lipinski definition) is 3. The molecule has 1 aromatic carbocycles. The molecule has 2 rings (SSSR count). The van der Waals surface area contributed by atoms with E-state index in [1.807, 2.05) is 25.1 Å². The van der Waals surface area contributed by atoms with Crippen LogP contribution in [0.4, 0.5) is 11.4 Å². The van der Waals surface area contributed by atoms with Gasteiger partial charge in [0.2, 0.25) is 5.91 Å². The third kappa shape index (κ3) is 4.74. The van der Waals surface area contributed by atoms with Crippen LogP contribution >= 0.6 is 0 Å². The van der Waals surface area contributed by atoms with Crippen LogP contribution in [-0.4, -0.2) is 29.9 Å². The SMILES string of the molecule is Cc1ccc(N)cc1NC(=O)CCCN1CCCCC1C. The summed E-state index contributed by atoms with van der Waals surface area (Å²) in [5.41, 5.74) is 8.31. The van der Waals surface area contributed by atoms with Crippen LogP contribution in [0, 0.1) is 6.92 Å². The lowest BCUT2D eigenvalue weighted by Gasteiger charge is -2.33. The second kappa shape index (κ2) is 7.46. The summed E-state index contributed by atoms with van der Waals surface area (Å²) in [6.07, 6.45) is 5.40. The van der Waals surface area contributed by atoms with Crippen LogP contribution in [0.5, 0.6) is 0 Å². The molecule has 116 valence electrons. The summed E-state index contributed by atoms with van der Waals surface area (Å²) in [4.78, 5) is 14.5. The standard InChI is InChI=1S/C17H27N3O/c1-13-8-9-15(18)12-16(13)19-17(21)7-5-11-20-10-4-3-6-14(20)2/h8-9,12,14H,3-7,10-11,18H2,1-2H3,(H,19,21). The van der Waals surface area contributed by atoms with Crippen LogP contribution < -0.4 is 11.1 Å². The molecule has 4 heteroatoms. The molecule has 0 saturated carbocycles. The lowest BCUT2D eigenvalue weighted by molar-refractivity contribution is -0.116. The molecule has 1 unspecified atom stereocenters. The molecule has 1 amide bonds. The monoisotopic (exact) mass is 289 g/mol. The van der Waals surface area contributed by atoms with Crippen LogP contribution in [0.2, 0.25) is 0 Å². The first-order chi connectivity index (χ1) is 10.1. The molecule has 3 N–H and O–H groups in total. The van der Waals surface area contributed by atoms with Gasteiger partial charge in [-0.05, 0) is 63.9 Å². The Morgan fingerprint density at radius 2 is 2.24 bits per heavy atom. The van der Waals surface area contributed by atoms with E-state index in [-0.39, 0.29) is 5.91 Å². The van der Waals surface area contributed by atoms with E-state index >= 15 is 0 Å². The number of benzene rings is 1. The normalized spacial score (nSPS) is 19.4. The summed E-state index contributed by atoms with van der Waals surface area (Å²) in [5, 5.41) is 2.96. The van der Waals surface area contributed by atoms with E-state index in [0.717, 1.165) is 24.2 Å². The van der Waals surface area contributed by atoms with Crippen LogP contribution in [0.3, 0.4) is 0 Å². The van der Waals surface area contributed by atoms with Gasteiger partial charge in [0.15, 0.2) is 0 Å². The molecule has 1 aliphatic rings. The van der Waals surface area contributed by atoms with Gasteiger partial charge in [-0.25, -0.2) is 0 Å². The number of carbonyl (C=O) groups is 1. The third-order valence-corrected chi connectivity index (χ3v) is 4.33. The molecule has 21 heavy (non-hydrogen) atoms. The smallest absolute Gasteiger partial charge is 0.224 e. The number of hydrogen-bond donors (Lipinski definition) is 2. The van der Waals surface area contributed by atoms with Crippen LogP contribution in [-0.2, 0) is 4.79 Å². The van der Waals surface area contributed by atoms with E-state index in [2.05, 4.69) is 17.1 Å². The number of nitrogen functional groups attached to an aromatic ring is 1. The Morgan fingerprint density at radius 1 is 1.43 bits per heavy atom. The first-order valence-electron chi connectivity index (χ1n) is 7.96. The molecule has 0 aromatic heterocycles. The molecule has 0 bridgehead atoms. The molecule has 0 radical (unpaired) electrons.